The van der Waals surface area contributed by atoms with Gasteiger partial charge < -0.3 is 14.6 Å². The van der Waals surface area contributed by atoms with Crippen LogP contribution < -0.4 is 0 Å². The number of aliphatic carboxylic acids is 1. The van der Waals surface area contributed by atoms with Crippen LogP contribution >= 0.6 is 0 Å². The molecule has 6 heteroatoms. The monoisotopic (exact) mass is 324 g/mol. The maximum absolute atomic E-state index is 12.3. The Hall–Kier alpha value is -1.85. The molecule has 128 valence electrons. The zero-order valence-electron chi connectivity index (χ0n) is 13.6. The Bertz CT molecular complexity index is 497. The van der Waals surface area contributed by atoms with E-state index in [0.717, 1.165) is 12.8 Å². The normalized spacial score (nSPS) is 29.8. The van der Waals surface area contributed by atoms with Gasteiger partial charge in [-0.3, -0.25) is 14.4 Å². The van der Waals surface area contributed by atoms with Crippen molar-refractivity contribution < 1.29 is 29.0 Å². The summed E-state index contributed by atoms with van der Waals surface area (Å²) < 4.78 is 10.2. The van der Waals surface area contributed by atoms with E-state index in [0.29, 0.717) is 6.42 Å². The van der Waals surface area contributed by atoms with E-state index in [1.165, 1.54) is 0 Å². The van der Waals surface area contributed by atoms with Crippen molar-refractivity contribution >= 4 is 17.9 Å². The van der Waals surface area contributed by atoms with E-state index in [2.05, 4.69) is 0 Å². The van der Waals surface area contributed by atoms with Gasteiger partial charge in [0.25, 0.3) is 0 Å². The van der Waals surface area contributed by atoms with Crippen LogP contribution in [-0.2, 0) is 23.9 Å². The van der Waals surface area contributed by atoms with Gasteiger partial charge in [-0.15, -0.1) is 0 Å². The Balaban J connectivity index is 1.84. The molecule has 1 fully saturated rings. The third-order valence-corrected chi connectivity index (χ3v) is 4.89. The van der Waals surface area contributed by atoms with Crippen LogP contribution in [0.3, 0.4) is 0 Å². The Kier molecular flexibility index (Phi) is 5.80. The smallest absolute Gasteiger partial charge is 0.310 e. The second-order valence-corrected chi connectivity index (χ2v) is 6.32. The van der Waals surface area contributed by atoms with Gasteiger partial charge in [-0.2, -0.15) is 0 Å². The van der Waals surface area contributed by atoms with Gasteiger partial charge in [0, 0.05) is 0 Å². The van der Waals surface area contributed by atoms with Crippen LogP contribution in [0.5, 0.6) is 0 Å². The van der Waals surface area contributed by atoms with E-state index in [1.54, 1.807) is 6.92 Å². The molecule has 0 heterocycles. The third-order valence-electron chi connectivity index (χ3n) is 4.89. The molecule has 2 bridgehead atoms. The highest BCUT2D eigenvalue weighted by molar-refractivity contribution is 5.83. The first-order chi connectivity index (χ1) is 11.0. The maximum Gasteiger partial charge on any atom is 0.310 e. The Morgan fingerprint density at radius 1 is 1.09 bits per heavy atom. The average molecular weight is 324 g/mol. The summed E-state index contributed by atoms with van der Waals surface area (Å²) in [5, 5.41) is 9.40. The lowest BCUT2D eigenvalue weighted by molar-refractivity contribution is -0.166. The molecule has 0 amide bonds. The molecular weight excluding hydrogens is 300 g/mol. The summed E-state index contributed by atoms with van der Waals surface area (Å²) in [6.45, 7) is 3.63. The molecule has 0 aliphatic heterocycles. The van der Waals surface area contributed by atoms with E-state index in [4.69, 9.17) is 9.47 Å². The van der Waals surface area contributed by atoms with Crippen molar-refractivity contribution in [3.8, 4) is 0 Å². The highest BCUT2D eigenvalue weighted by atomic mass is 16.6. The van der Waals surface area contributed by atoms with Crippen LogP contribution in [-0.4, -0.2) is 36.2 Å². The van der Waals surface area contributed by atoms with Gasteiger partial charge in [0.15, 0.2) is 0 Å². The summed E-state index contributed by atoms with van der Waals surface area (Å²) in [6, 6.07) is 0. The van der Waals surface area contributed by atoms with Crippen LogP contribution in [0.25, 0.3) is 0 Å². The van der Waals surface area contributed by atoms with Gasteiger partial charge in [-0.05, 0) is 31.1 Å². The van der Waals surface area contributed by atoms with Gasteiger partial charge in [0.1, 0.15) is 13.2 Å². The van der Waals surface area contributed by atoms with Crippen LogP contribution in [0.1, 0.15) is 33.1 Å². The summed E-state index contributed by atoms with van der Waals surface area (Å²) in [5.74, 6) is -3.47. The fraction of sp³-hybridized carbons (Fsp3) is 0.706. The number of carboxylic acid groups (broad SMARTS) is 1. The van der Waals surface area contributed by atoms with Crippen molar-refractivity contribution in [2.45, 2.75) is 33.1 Å². The fourth-order valence-electron chi connectivity index (χ4n) is 3.34. The number of carboxylic acids is 1. The Morgan fingerprint density at radius 3 is 2.17 bits per heavy atom. The zero-order valence-corrected chi connectivity index (χ0v) is 13.6. The number of ether oxygens (including phenoxy) is 2. The quantitative estimate of drug-likeness (QED) is 0.438. The van der Waals surface area contributed by atoms with Gasteiger partial charge in [0.2, 0.25) is 0 Å². The largest absolute Gasteiger partial charge is 0.481 e. The minimum atomic E-state index is -0.950. The van der Waals surface area contributed by atoms with Crippen molar-refractivity contribution in [2.75, 3.05) is 13.2 Å². The highest BCUT2D eigenvalue weighted by Crippen LogP contribution is 2.45. The van der Waals surface area contributed by atoms with Gasteiger partial charge in [0.05, 0.1) is 17.8 Å². The third kappa shape index (κ3) is 3.92. The molecular formula is C17H24O6. The Morgan fingerprint density at radius 2 is 1.65 bits per heavy atom. The summed E-state index contributed by atoms with van der Waals surface area (Å²) in [6.07, 6.45) is 6.14. The summed E-state index contributed by atoms with van der Waals surface area (Å²) in [5.41, 5.74) is 0. The number of rotatable bonds is 7. The van der Waals surface area contributed by atoms with Crippen molar-refractivity contribution in [3.05, 3.63) is 12.2 Å². The van der Waals surface area contributed by atoms with Crippen molar-refractivity contribution in [3.63, 3.8) is 0 Å². The van der Waals surface area contributed by atoms with E-state index >= 15 is 0 Å². The lowest BCUT2D eigenvalue weighted by Gasteiger charge is -2.41. The van der Waals surface area contributed by atoms with Crippen LogP contribution in [0.4, 0.5) is 0 Å². The van der Waals surface area contributed by atoms with Crippen LogP contribution in [0.2, 0.25) is 0 Å². The second-order valence-electron chi connectivity index (χ2n) is 6.32. The number of hydrogen-bond donors (Lipinski definition) is 1. The van der Waals surface area contributed by atoms with E-state index in [-0.39, 0.29) is 36.9 Å². The Labute approximate surface area is 135 Å². The summed E-state index contributed by atoms with van der Waals surface area (Å²) in [7, 11) is 0. The minimum absolute atomic E-state index is 0.00328. The standard InChI is InChI=1S/C17H24O6/c1-3-10(2)16(20)22-8-9-23-17(21)14-12-6-4-11(5-7-12)13(14)15(18)19/h4,6,10-14H,3,5,7-9H2,1-2H3,(H,18,19). The topological polar surface area (TPSA) is 89.9 Å². The minimum Gasteiger partial charge on any atom is -0.481 e. The maximum atomic E-state index is 12.3. The molecule has 0 saturated heterocycles. The molecule has 5 atom stereocenters. The van der Waals surface area contributed by atoms with Crippen molar-refractivity contribution in [1.82, 2.24) is 0 Å². The zero-order chi connectivity index (χ0) is 17.0. The molecule has 0 aromatic heterocycles. The molecule has 23 heavy (non-hydrogen) atoms. The molecule has 1 saturated carbocycles. The second kappa shape index (κ2) is 7.62. The van der Waals surface area contributed by atoms with Crippen molar-refractivity contribution in [1.29, 1.82) is 0 Å². The molecule has 3 rings (SSSR count). The van der Waals surface area contributed by atoms with E-state index in [9.17, 15) is 19.5 Å². The number of carbonyl (C=O) groups is 3. The number of carbonyl (C=O) groups excluding carboxylic acids is 2. The van der Waals surface area contributed by atoms with E-state index < -0.39 is 23.8 Å². The molecule has 0 radical (unpaired) electrons. The average Bonchev–Trinajstić information content (AvgIpc) is 2.57. The predicted octanol–water partition coefficient (Wildman–Crippen LogP) is 2.03. The molecule has 6 nitrogen and oxygen atoms in total. The van der Waals surface area contributed by atoms with Crippen LogP contribution in [0.15, 0.2) is 12.2 Å². The van der Waals surface area contributed by atoms with Crippen LogP contribution in [0, 0.1) is 29.6 Å². The molecule has 1 N–H and O–H groups in total. The molecule has 0 aromatic rings. The van der Waals surface area contributed by atoms with Crippen molar-refractivity contribution in [2.24, 2.45) is 29.6 Å². The number of esters is 2. The predicted molar refractivity (Wildman–Crippen MR) is 81.3 cm³/mol. The lowest BCUT2D eigenvalue weighted by Crippen LogP contribution is -2.45. The van der Waals surface area contributed by atoms with Gasteiger partial charge >= 0.3 is 17.9 Å². The first-order valence-corrected chi connectivity index (χ1v) is 8.20. The molecule has 3 aliphatic rings. The first-order valence-electron chi connectivity index (χ1n) is 8.20. The highest BCUT2D eigenvalue weighted by Gasteiger charge is 2.48. The number of fused-ring (bicyclic) bond motifs is 2. The van der Waals surface area contributed by atoms with E-state index in [1.807, 2.05) is 19.1 Å². The fourth-order valence-corrected chi connectivity index (χ4v) is 3.34. The number of hydrogen-bond acceptors (Lipinski definition) is 5. The van der Waals surface area contributed by atoms with Gasteiger partial charge in [-0.25, -0.2) is 0 Å². The summed E-state index contributed by atoms with van der Waals surface area (Å²) >= 11 is 0. The molecule has 0 spiro atoms. The number of allylic oxidation sites excluding steroid dienone is 2. The first kappa shape index (κ1) is 17.5. The lowest BCUT2D eigenvalue weighted by atomic mass is 9.62. The van der Waals surface area contributed by atoms with Gasteiger partial charge in [-0.1, -0.05) is 26.0 Å². The molecule has 3 aliphatic carbocycles. The molecule has 5 unspecified atom stereocenters. The molecule has 0 aromatic carbocycles. The summed E-state index contributed by atoms with van der Waals surface area (Å²) in [4.78, 5) is 35.3. The SMILES string of the molecule is CCC(C)C(=O)OCCOC(=O)C1C2C=CC(CC2)C1C(=O)O.